The van der Waals surface area contributed by atoms with Crippen LogP contribution in [-0.2, 0) is 14.3 Å². The van der Waals surface area contributed by atoms with Crippen LogP contribution in [0.15, 0.2) is 0 Å². The van der Waals surface area contributed by atoms with E-state index in [1.165, 1.54) is 44.9 Å². The molecule has 0 spiro atoms. The first-order valence-electron chi connectivity index (χ1n) is 12.7. The monoisotopic (exact) mass is 424 g/mol. The summed E-state index contributed by atoms with van der Waals surface area (Å²) < 4.78 is 5.95. The lowest BCUT2D eigenvalue weighted by atomic mass is 9.81. The molecule has 1 aliphatic rings. The van der Waals surface area contributed by atoms with Crippen LogP contribution in [0.4, 0.5) is 0 Å². The highest BCUT2D eigenvalue weighted by molar-refractivity contribution is 5.75. The lowest BCUT2D eigenvalue weighted by Gasteiger charge is -2.27. The van der Waals surface area contributed by atoms with Crippen molar-refractivity contribution >= 4 is 11.9 Å². The largest absolute Gasteiger partial charge is 0.481 e. The molecule has 1 N–H and O–H groups in total. The van der Waals surface area contributed by atoms with Crippen LogP contribution >= 0.6 is 0 Å². The van der Waals surface area contributed by atoms with Crippen molar-refractivity contribution in [2.75, 3.05) is 0 Å². The first kappa shape index (κ1) is 27.0. The summed E-state index contributed by atoms with van der Waals surface area (Å²) in [6.45, 7) is 9.06. The van der Waals surface area contributed by atoms with E-state index < -0.39 is 5.97 Å². The van der Waals surface area contributed by atoms with Crippen LogP contribution < -0.4 is 0 Å². The van der Waals surface area contributed by atoms with Crippen LogP contribution in [0.3, 0.4) is 0 Å². The topological polar surface area (TPSA) is 63.6 Å². The molecule has 4 heteroatoms. The number of unbranched alkanes of at least 4 members (excludes halogenated alkanes) is 5. The molecule has 0 amide bonds. The number of rotatable bonds is 16. The van der Waals surface area contributed by atoms with Crippen LogP contribution in [0.2, 0.25) is 0 Å². The summed E-state index contributed by atoms with van der Waals surface area (Å²) in [4.78, 5) is 24.0. The second-order valence-corrected chi connectivity index (χ2v) is 10.4. The molecule has 0 aliphatic heterocycles. The number of esters is 1. The summed E-state index contributed by atoms with van der Waals surface area (Å²) in [5, 5.41) is 9.29. The van der Waals surface area contributed by atoms with E-state index in [-0.39, 0.29) is 23.9 Å². The van der Waals surface area contributed by atoms with Crippen molar-refractivity contribution < 1.29 is 19.4 Å². The molecule has 4 nitrogen and oxygen atoms in total. The summed E-state index contributed by atoms with van der Waals surface area (Å²) >= 11 is 0. The molecule has 1 aliphatic carbocycles. The summed E-state index contributed by atoms with van der Waals surface area (Å²) in [6, 6.07) is 0. The Bertz CT molecular complexity index is 472. The second-order valence-electron chi connectivity index (χ2n) is 10.4. The fourth-order valence-electron chi connectivity index (χ4n) is 4.53. The normalized spacial score (nSPS) is 20.5. The van der Waals surface area contributed by atoms with Gasteiger partial charge < -0.3 is 9.84 Å². The van der Waals surface area contributed by atoms with Crippen molar-refractivity contribution in [2.45, 2.75) is 130 Å². The zero-order chi connectivity index (χ0) is 22.4. The molecule has 0 saturated heterocycles. The van der Waals surface area contributed by atoms with E-state index in [1.54, 1.807) is 0 Å². The molecular formula is C26H48O4. The third-order valence-electron chi connectivity index (χ3n) is 6.50. The molecule has 176 valence electrons. The molecule has 0 aromatic rings. The van der Waals surface area contributed by atoms with Gasteiger partial charge in [-0.15, -0.1) is 0 Å². The van der Waals surface area contributed by atoms with Gasteiger partial charge in [0.2, 0.25) is 0 Å². The lowest BCUT2D eigenvalue weighted by molar-refractivity contribution is -0.158. The van der Waals surface area contributed by atoms with Crippen molar-refractivity contribution in [2.24, 2.45) is 23.7 Å². The van der Waals surface area contributed by atoms with Crippen LogP contribution in [0.5, 0.6) is 0 Å². The van der Waals surface area contributed by atoms with E-state index in [0.717, 1.165) is 44.4 Å². The zero-order valence-corrected chi connectivity index (χ0v) is 20.2. The average Bonchev–Trinajstić information content (AvgIpc) is 2.69. The van der Waals surface area contributed by atoms with Crippen LogP contribution in [0.25, 0.3) is 0 Å². The van der Waals surface area contributed by atoms with Gasteiger partial charge >= 0.3 is 11.9 Å². The highest BCUT2D eigenvalue weighted by Gasteiger charge is 2.32. The standard InChI is InChI=1S/C26H48O4/c1-20(2)13-8-6-5-7-9-17-24(18-11-10-14-21(3)4)30-26(29)23-16-12-15-22(19-23)25(27)28/h20-24H,5-19H2,1-4H3,(H,27,28). The maximum Gasteiger partial charge on any atom is 0.309 e. The van der Waals surface area contributed by atoms with Gasteiger partial charge in [-0.25, -0.2) is 0 Å². The van der Waals surface area contributed by atoms with E-state index in [2.05, 4.69) is 27.7 Å². The van der Waals surface area contributed by atoms with Gasteiger partial charge in [-0.05, 0) is 56.8 Å². The third-order valence-corrected chi connectivity index (χ3v) is 6.50. The summed E-state index contributed by atoms with van der Waals surface area (Å²) in [5.74, 6) is -0.0187. The molecule has 1 rings (SSSR count). The number of hydrogen-bond donors (Lipinski definition) is 1. The number of carboxylic acids is 1. The second kappa shape index (κ2) is 15.7. The number of aliphatic carboxylic acids is 1. The van der Waals surface area contributed by atoms with E-state index in [4.69, 9.17) is 4.74 Å². The minimum absolute atomic E-state index is 0.00512. The predicted molar refractivity (Wildman–Crippen MR) is 123 cm³/mol. The van der Waals surface area contributed by atoms with Gasteiger partial charge in [0.15, 0.2) is 0 Å². The van der Waals surface area contributed by atoms with Crippen molar-refractivity contribution in [3.05, 3.63) is 0 Å². The number of carbonyl (C=O) groups excluding carboxylic acids is 1. The van der Waals surface area contributed by atoms with E-state index in [9.17, 15) is 14.7 Å². The Morgan fingerprint density at radius 2 is 1.23 bits per heavy atom. The molecule has 30 heavy (non-hydrogen) atoms. The molecule has 1 saturated carbocycles. The molecule has 0 bridgehead atoms. The smallest absolute Gasteiger partial charge is 0.309 e. The van der Waals surface area contributed by atoms with Gasteiger partial charge in [0.25, 0.3) is 0 Å². The minimum Gasteiger partial charge on any atom is -0.481 e. The van der Waals surface area contributed by atoms with Crippen molar-refractivity contribution in [3.63, 3.8) is 0 Å². The van der Waals surface area contributed by atoms with Crippen LogP contribution in [-0.4, -0.2) is 23.1 Å². The number of carboxylic acid groups (broad SMARTS) is 1. The van der Waals surface area contributed by atoms with E-state index >= 15 is 0 Å². The molecule has 0 radical (unpaired) electrons. The Balaban J connectivity index is 2.41. The lowest BCUT2D eigenvalue weighted by Crippen LogP contribution is -2.31. The Hall–Kier alpha value is -1.06. The fourth-order valence-corrected chi connectivity index (χ4v) is 4.53. The Morgan fingerprint density at radius 3 is 1.80 bits per heavy atom. The third kappa shape index (κ3) is 12.6. The summed E-state index contributed by atoms with van der Waals surface area (Å²) in [6.07, 6.45) is 15.7. The molecule has 3 atom stereocenters. The predicted octanol–water partition coefficient (Wildman–Crippen LogP) is 7.39. The SMILES string of the molecule is CC(C)CCCCCCCC(CCCCC(C)C)OC(=O)C1CCCC(C(=O)O)C1. The summed E-state index contributed by atoms with van der Waals surface area (Å²) in [5.41, 5.74) is 0. The van der Waals surface area contributed by atoms with E-state index in [0.29, 0.717) is 18.8 Å². The highest BCUT2D eigenvalue weighted by Crippen LogP contribution is 2.31. The number of carbonyl (C=O) groups is 2. The fraction of sp³-hybridized carbons (Fsp3) is 0.923. The molecule has 1 fully saturated rings. The van der Waals surface area contributed by atoms with Crippen molar-refractivity contribution in [1.29, 1.82) is 0 Å². The molecule has 0 aromatic heterocycles. The van der Waals surface area contributed by atoms with E-state index in [1.807, 2.05) is 0 Å². The van der Waals surface area contributed by atoms with Gasteiger partial charge in [0.05, 0.1) is 11.8 Å². The molecule has 0 aromatic carbocycles. The Labute approximate surface area is 185 Å². The number of ether oxygens (including phenoxy) is 1. The Morgan fingerprint density at radius 1 is 0.767 bits per heavy atom. The first-order chi connectivity index (χ1) is 14.3. The van der Waals surface area contributed by atoms with Gasteiger partial charge in [-0.1, -0.05) is 79.1 Å². The maximum atomic E-state index is 12.7. The average molecular weight is 425 g/mol. The van der Waals surface area contributed by atoms with Gasteiger partial charge in [0, 0.05) is 0 Å². The minimum atomic E-state index is -0.768. The maximum absolute atomic E-state index is 12.7. The molecule has 0 heterocycles. The van der Waals surface area contributed by atoms with Crippen LogP contribution in [0.1, 0.15) is 124 Å². The van der Waals surface area contributed by atoms with Gasteiger partial charge in [0.1, 0.15) is 6.10 Å². The quantitative estimate of drug-likeness (QED) is 0.207. The van der Waals surface area contributed by atoms with Crippen molar-refractivity contribution in [3.8, 4) is 0 Å². The number of hydrogen-bond acceptors (Lipinski definition) is 3. The van der Waals surface area contributed by atoms with Crippen molar-refractivity contribution in [1.82, 2.24) is 0 Å². The zero-order valence-electron chi connectivity index (χ0n) is 20.2. The van der Waals surface area contributed by atoms with Gasteiger partial charge in [-0.3, -0.25) is 9.59 Å². The molecular weight excluding hydrogens is 376 g/mol. The van der Waals surface area contributed by atoms with Crippen LogP contribution in [0, 0.1) is 23.7 Å². The molecule has 3 unspecified atom stereocenters. The van der Waals surface area contributed by atoms with Gasteiger partial charge in [-0.2, -0.15) is 0 Å². The highest BCUT2D eigenvalue weighted by atomic mass is 16.5. The first-order valence-corrected chi connectivity index (χ1v) is 12.7. The summed E-state index contributed by atoms with van der Waals surface area (Å²) in [7, 11) is 0. The Kier molecular flexibility index (Phi) is 14.1.